The number of aliphatic hydroxyl groups is 1. The van der Waals surface area contributed by atoms with Crippen LogP contribution >= 0.6 is 11.8 Å². The SMILES string of the molecule is CC(C)C[C@@H]1NC(=O)[C@H](CCCNC(=N)N)NC(=O)CNC(=O)[C@H](C)N(C)C(=O)[C@H](CCCNC(=N)N)NC(=O)[C@H](Cc2ccc(-c3ccccc3)cc2)NC(=O)[C@H](C(C)C)NC(=O)[C@H](Cc2c[nH]c3ccccc23)NC(=O)[C@H](CC(=O)O)NC(=O)[C@H](Cc2ccc(O)cc2)NC(=O)[C@H](Cc2ccccc2)NC(=O)CSC[C@@H](C(=O)N[C@@H](C)C(N)=O)NC(=O)[C@H]([C@@H](C)O)NC(=O)[C@H](C(C)C)NC1=O. The third-order valence-corrected chi connectivity index (χ3v) is 23.7. The Balaban J connectivity index is 1.33. The minimum atomic E-state index is -2.08. The number of benzene rings is 5. The Morgan fingerprint density at radius 2 is 0.906 bits per heavy atom. The number of guanidine groups is 2. The molecule has 6 aromatic rings. The molecule has 5 aromatic carbocycles. The van der Waals surface area contributed by atoms with E-state index >= 15 is 33.6 Å². The van der Waals surface area contributed by atoms with Gasteiger partial charge in [0, 0.05) is 68.7 Å². The van der Waals surface area contributed by atoms with Crippen LogP contribution in [0.4, 0.5) is 0 Å². The minimum absolute atomic E-state index is 0.00978. The second kappa shape index (κ2) is 54.1. The van der Waals surface area contributed by atoms with Crippen LogP contribution in [0.15, 0.2) is 140 Å². The summed E-state index contributed by atoms with van der Waals surface area (Å²) in [7, 11) is 1.24. The Labute approximate surface area is 802 Å². The first kappa shape index (κ1) is 110. The van der Waals surface area contributed by atoms with Crippen LogP contribution in [0.2, 0.25) is 0 Å². The number of aromatic nitrogens is 1. The predicted octanol–water partition coefficient (Wildman–Crippen LogP) is -1.93. The van der Waals surface area contributed by atoms with E-state index in [0.29, 0.717) is 39.4 Å². The lowest BCUT2D eigenvalue weighted by atomic mass is 9.98. The molecule has 2 heterocycles. The van der Waals surface area contributed by atoms with Crippen molar-refractivity contribution in [3.8, 4) is 16.9 Å². The third kappa shape index (κ3) is 35.5. The fourth-order valence-corrected chi connectivity index (χ4v) is 15.7. The summed E-state index contributed by atoms with van der Waals surface area (Å²) in [5, 5.41) is 89.6. The Kier molecular flexibility index (Phi) is 43.3. The highest BCUT2D eigenvalue weighted by molar-refractivity contribution is 8.00. The van der Waals surface area contributed by atoms with Gasteiger partial charge in [-0.15, -0.1) is 11.8 Å². The standard InChI is InChI=1S/C94H129N23O20S/c1-49(2)39-66-86(131)115-77(51(5)6)90(135)116-78(54(9)118)91(136)113-72(88(133)104-52(7)79(95)124)47-138-48-74(121)106-67(40-55-21-13-11-14-22-55)82(127)109-68(42-57-31-35-61(119)36-32-57)84(129)111-71(44-75(122)123)85(130)110-70(43-60-45-102-63-26-18-17-25-62(60)63)87(132)114-76(50(3)4)89(134)112-69(41-56-29-33-59(34-30-56)58-23-15-12-16-24-58)83(128)107-65(28-20-38-101-94(98)99)92(137)117(10)53(8)80(125)103-46-73(120)105-64(81(126)108-66)27-19-37-100-93(96)97/h11-18,21-26,29-36,45,49-54,64-72,76-78,102,118-119H,19-20,27-28,37-44,46-48H2,1-10H3,(H2,95,124)(H,103,125)(H,104,133)(H,105,120)(H,106,121)(H,107,128)(H,108,126)(H,109,127)(H,110,130)(H,111,129)(H,112,134)(H,113,136)(H,114,132)(H,115,131)(H,116,135)(H,122,123)(H4,96,97,100)(H4,98,99,101)/t52-,53-,54+,64-,65-,66-,67-,68-,69-,70-,71-,72-,76-,77-,78-/m0/s1. The van der Waals surface area contributed by atoms with Crippen LogP contribution < -0.4 is 102 Å². The number of phenolic OH excluding ortho intramolecular Hbond substituents is 1. The number of carboxylic acids is 1. The number of thioether (sulfide) groups is 1. The number of primary amides is 1. The topological polar surface area (TPSA) is 688 Å². The van der Waals surface area contributed by atoms with Gasteiger partial charge in [-0.1, -0.05) is 157 Å². The van der Waals surface area contributed by atoms with Crippen LogP contribution in [0.1, 0.15) is 123 Å². The molecular formula is C94H129N23O20S. The molecule has 16 amide bonds. The van der Waals surface area contributed by atoms with Crippen LogP contribution in [-0.4, -0.2) is 266 Å². The highest BCUT2D eigenvalue weighted by Crippen LogP contribution is 2.24. The Morgan fingerprint density at radius 3 is 1.44 bits per heavy atom. The summed E-state index contributed by atoms with van der Waals surface area (Å²) in [5.74, 6) is -22.1. The van der Waals surface area contributed by atoms with Crippen LogP contribution in [0.3, 0.4) is 0 Å². The molecule has 43 nitrogen and oxygen atoms in total. The number of phenols is 1. The maximum atomic E-state index is 15.4. The number of aromatic amines is 1. The molecule has 0 spiro atoms. The van der Waals surface area contributed by atoms with Crippen molar-refractivity contribution in [1.82, 2.24) is 95.0 Å². The first-order valence-electron chi connectivity index (χ1n) is 45.3. The second-order valence-electron chi connectivity index (χ2n) is 34.9. The van der Waals surface area contributed by atoms with E-state index in [1.165, 1.54) is 59.0 Å². The van der Waals surface area contributed by atoms with Crippen molar-refractivity contribution in [1.29, 1.82) is 10.8 Å². The molecule has 1 aliphatic rings. The summed E-state index contributed by atoms with van der Waals surface area (Å²) in [6, 6.07) is 13.9. The van der Waals surface area contributed by atoms with Gasteiger partial charge in [0.25, 0.3) is 0 Å². The summed E-state index contributed by atoms with van der Waals surface area (Å²) in [6.07, 6.45) is -3.09. The van der Waals surface area contributed by atoms with Gasteiger partial charge in [0.1, 0.15) is 90.3 Å². The zero-order valence-electron chi connectivity index (χ0n) is 78.6. The van der Waals surface area contributed by atoms with E-state index in [2.05, 4.69) is 90.1 Å². The number of hydrogen-bond donors (Lipinski definition) is 25. The number of hydrogen-bond acceptors (Lipinski definition) is 22. The number of rotatable bonds is 27. The number of nitrogens with zero attached hydrogens (tertiary/aromatic N) is 1. The molecule has 0 aliphatic carbocycles. The molecule has 28 N–H and O–H groups in total. The van der Waals surface area contributed by atoms with E-state index in [0.717, 1.165) is 23.0 Å². The third-order valence-electron chi connectivity index (χ3n) is 22.6. The highest BCUT2D eigenvalue weighted by atomic mass is 32.2. The quantitative estimate of drug-likeness (QED) is 0.0152. The maximum absolute atomic E-state index is 15.4. The van der Waals surface area contributed by atoms with Crippen molar-refractivity contribution in [2.24, 2.45) is 35.0 Å². The number of H-pyrrole nitrogens is 1. The Hall–Kier alpha value is -14.7. The van der Waals surface area contributed by atoms with Crippen molar-refractivity contribution in [3.63, 3.8) is 0 Å². The number of carbonyl (C=O) groups is 17. The lowest BCUT2D eigenvalue weighted by Crippen LogP contribution is -2.62. The number of fused-ring (bicyclic) bond motifs is 1. The number of amides is 16. The Morgan fingerprint density at radius 1 is 0.478 bits per heavy atom. The molecule has 0 saturated carbocycles. The number of carboxylic acid groups (broad SMARTS) is 1. The molecular weight excluding hydrogens is 1800 g/mol. The van der Waals surface area contributed by atoms with Gasteiger partial charge in [-0.05, 0) is 122 Å². The van der Waals surface area contributed by atoms with Gasteiger partial charge in [0.2, 0.25) is 94.5 Å². The molecule has 138 heavy (non-hydrogen) atoms. The fraction of sp³-hybridized carbons (Fsp3) is 0.457. The van der Waals surface area contributed by atoms with Gasteiger partial charge >= 0.3 is 5.97 Å². The number of aromatic hydroxyl groups is 1. The van der Waals surface area contributed by atoms with Gasteiger partial charge in [-0.25, -0.2) is 0 Å². The van der Waals surface area contributed by atoms with Crippen molar-refractivity contribution in [3.05, 3.63) is 162 Å². The van der Waals surface area contributed by atoms with E-state index in [1.54, 1.807) is 113 Å². The van der Waals surface area contributed by atoms with E-state index in [4.69, 9.17) is 28.0 Å². The monoisotopic (exact) mass is 1930 g/mol. The van der Waals surface area contributed by atoms with Crippen molar-refractivity contribution < 1.29 is 96.8 Å². The molecule has 15 atom stereocenters. The summed E-state index contributed by atoms with van der Waals surface area (Å²) >= 11 is 0.706. The van der Waals surface area contributed by atoms with Crippen molar-refractivity contribution in [2.45, 2.75) is 217 Å². The molecule has 1 saturated heterocycles. The smallest absolute Gasteiger partial charge is 0.305 e. The lowest BCUT2D eigenvalue weighted by molar-refractivity contribution is -0.142. The molecule has 1 fully saturated rings. The summed E-state index contributed by atoms with van der Waals surface area (Å²) < 4.78 is 0. The molecule has 0 bridgehead atoms. The number of nitrogens with two attached hydrogens (primary N) is 3. The molecule has 44 heteroatoms. The molecule has 7 rings (SSSR count). The number of carbonyl (C=O) groups excluding carboxylic acids is 16. The van der Waals surface area contributed by atoms with Gasteiger partial charge < -0.3 is 127 Å². The fourth-order valence-electron chi connectivity index (χ4n) is 14.8. The second-order valence-corrected chi connectivity index (χ2v) is 36.0. The average molecular weight is 1930 g/mol. The molecule has 0 unspecified atom stereocenters. The number of likely N-dealkylation sites (N-methyl/N-ethyl adjacent to an activating group) is 1. The predicted molar refractivity (Wildman–Crippen MR) is 513 cm³/mol. The molecule has 0 radical (unpaired) electrons. The summed E-state index contributed by atoms with van der Waals surface area (Å²) in [4.78, 5) is 251. The normalized spacial score (nSPS) is 22.7. The van der Waals surface area contributed by atoms with E-state index < -0.39 is 246 Å². The largest absolute Gasteiger partial charge is 0.508 e. The van der Waals surface area contributed by atoms with E-state index in [1.807, 2.05) is 30.3 Å². The molecule has 1 aliphatic heterocycles. The van der Waals surface area contributed by atoms with Gasteiger partial charge in [-0.2, -0.15) is 0 Å². The number of nitrogens with one attached hydrogen (secondary N) is 19. The number of para-hydroxylation sites is 1. The number of aliphatic hydroxyl groups excluding tert-OH is 1. The van der Waals surface area contributed by atoms with Crippen molar-refractivity contribution in [2.75, 3.05) is 38.2 Å². The minimum Gasteiger partial charge on any atom is -0.508 e. The van der Waals surface area contributed by atoms with Gasteiger partial charge in [0.05, 0.1) is 24.8 Å². The van der Waals surface area contributed by atoms with Crippen LogP contribution in [0, 0.1) is 28.6 Å². The van der Waals surface area contributed by atoms with Crippen LogP contribution in [0.5, 0.6) is 5.75 Å². The van der Waals surface area contributed by atoms with E-state index in [9.17, 15) is 63.3 Å². The lowest BCUT2D eigenvalue weighted by Gasteiger charge is -2.31. The average Bonchev–Trinajstić information content (AvgIpc) is 1.59. The van der Waals surface area contributed by atoms with Crippen molar-refractivity contribution >= 4 is 135 Å². The Bertz CT molecular complexity index is 5260. The first-order valence-corrected chi connectivity index (χ1v) is 46.4. The van der Waals surface area contributed by atoms with Crippen LogP contribution in [-0.2, 0) is 107 Å². The van der Waals surface area contributed by atoms with Gasteiger partial charge in [-0.3, -0.25) is 92.3 Å². The maximum Gasteiger partial charge on any atom is 0.305 e. The molecule has 1 aromatic heterocycles. The highest BCUT2D eigenvalue weighted by Gasteiger charge is 2.41. The molecule has 746 valence electrons. The summed E-state index contributed by atoms with van der Waals surface area (Å²) in [6.45, 7) is 12.5. The van der Waals surface area contributed by atoms with Crippen LogP contribution in [0.25, 0.3) is 22.0 Å². The first-order chi connectivity index (χ1) is 65.4. The summed E-state index contributed by atoms with van der Waals surface area (Å²) in [5.41, 5.74) is 20.6. The number of aliphatic carboxylic acids is 1. The van der Waals surface area contributed by atoms with Gasteiger partial charge in [0.15, 0.2) is 11.9 Å². The zero-order valence-corrected chi connectivity index (χ0v) is 79.5. The van der Waals surface area contributed by atoms with E-state index in [-0.39, 0.29) is 81.7 Å². The zero-order chi connectivity index (χ0) is 102.